The fourth-order valence-corrected chi connectivity index (χ4v) is 3.75. The first-order chi connectivity index (χ1) is 9.73. The van der Waals surface area contributed by atoms with Crippen LogP contribution >= 0.6 is 0 Å². The number of nitrogens with zero attached hydrogens (tertiary/aromatic N) is 1. The Hall–Kier alpha value is -0.820. The van der Waals surface area contributed by atoms with Gasteiger partial charge in [0, 0.05) is 13.6 Å². The van der Waals surface area contributed by atoms with Gasteiger partial charge in [-0.05, 0) is 40.0 Å². The Bertz CT molecular complexity index is 496. The van der Waals surface area contributed by atoms with Gasteiger partial charge in [0.05, 0.1) is 28.7 Å². The third-order valence-corrected chi connectivity index (χ3v) is 6.86. The van der Waals surface area contributed by atoms with E-state index in [4.69, 9.17) is 4.74 Å². The van der Waals surface area contributed by atoms with E-state index in [0.29, 0.717) is 18.6 Å². The van der Waals surface area contributed by atoms with Crippen molar-refractivity contribution < 1.29 is 13.2 Å². The molecule has 3 unspecified atom stereocenters. The predicted octanol–water partition coefficient (Wildman–Crippen LogP) is 0.685. The molecule has 2 fully saturated rings. The number of rotatable bonds is 4. The molecule has 0 saturated carbocycles. The molecule has 2 aliphatic rings. The van der Waals surface area contributed by atoms with Gasteiger partial charge in [0.1, 0.15) is 0 Å². The molecule has 0 aromatic heterocycles. The van der Waals surface area contributed by atoms with Gasteiger partial charge in [-0.3, -0.25) is 4.99 Å². The topological polar surface area (TPSA) is 79.8 Å². The summed E-state index contributed by atoms with van der Waals surface area (Å²) in [5.41, 5.74) is 0. The van der Waals surface area contributed by atoms with Crippen molar-refractivity contribution >= 4 is 15.8 Å². The van der Waals surface area contributed by atoms with Crippen LogP contribution in [0.5, 0.6) is 0 Å². The van der Waals surface area contributed by atoms with Crippen LogP contribution in [0.3, 0.4) is 0 Å². The minimum Gasteiger partial charge on any atom is -0.373 e. The van der Waals surface area contributed by atoms with Crippen molar-refractivity contribution in [3.63, 3.8) is 0 Å². The summed E-state index contributed by atoms with van der Waals surface area (Å²) in [4.78, 5) is 4.16. The van der Waals surface area contributed by atoms with Crippen LogP contribution in [0.25, 0.3) is 0 Å². The maximum absolute atomic E-state index is 12.1. The largest absolute Gasteiger partial charge is 0.373 e. The lowest BCUT2D eigenvalue weighted by Gasteiger charge is -2.23. The minimum absolute atomic E-state index is 0.102. The third-order valence-electron chi connectivity index (χ3n) is 4.25. The SMILES string of the molecule is CN=C(NCCS(=O)(=O)C(C)(C)C)NC1CC2CCC1O2. The molecule has 0 amide bonds. The second kappa shape index (κ2) is 6.12. The third kappa shape index (κ3) is 3.88. The minimum atomic E-state index is -3.11. The molecule has 0 aromatic rings. The predicted molar refractivity (Wildman–Crippen MR) is 84.3 cm³/mol. The lowest BCUT2D eigenvalue weighted by molar-refractivity contribution is 0.0992. The molecule has 21 heavy (non-hydrogen) atoms. The molecule has 2 bridgehead atoms. The molecule has 2 rings (SSSR count). The molecule has 2 N–H and O–H groups in total. The average molecular weight is 317 g/mol. The molecule has 0 aliphatic carbocycles. The van der Waals surface area contributed by atoms with E-state index < -0.39 is 14.6 Å². The molecule has 6 nitrogen and oxygen atoms in total. The van der Waals surface area contributed by atoms with Crippen LogP contribution in [0.4, 0.5) is 0 Å². The summed E-state index contributed by atoms with van der Waals surface area (Å²) in [6.07, 6.45) is 3.90. The van der Waals surface area contributed by atoms with Crippen molar-refractivity contribution in [3.8, 4) is 0 Å². The zero-order valence-corrected chi connectivity index (χ0v) is 14.2. The van der Waals surface area contributed by atoms with Crippen LogP contribution in [0.2, 0.25) is 0 Å². The van der Waals surface area contributed by atoms with Gasteiger partial charge in [-0.25, -0.2) is 8.42 Å². The Morgan fingerprint density at radius 1 is 1.33 bits per heavy atom. The van der Waals surface area contributed by atoms with Crippen LogP contribution in [-0.2, 0) is 14.6 Å². The van der Waals surface area contributed by atoms with Gasteiger partial charge in [0.2, 0.25) is 0 Å². The molecular formula is C14H27N3O3S. The molecule has 0 radical (unpaired) electrons. The van der Waals surface area contributed by atoms with E-state index in [-0.39, 0.29) is 17.9 Å². The summed E-state index contributed by atoms with van der Waals surface area (Å²) in [7, 11) is -1.41. The lowest BCUT2D eigenvalue weighted by Crippen LogP contribution is -2.48. The highest BCUT2D eigenvalue weighted by Crippen LogP contribution is 2.34. The van der Waals surface area contributed by atoms with Crippen LogP contribution in [0.15, 0.2) is 4.99 Å². The molecule has 2 heterocycles. The number of nitrogens with one attached hydrogen (secondary N) is 2. The van der Waals surface area contributed by atoms with Gasteiger partial charge in [-0.1, -0.05) is 0 Å². The Kier molecular flexibility index (Phi) is 4.82. The molecule has 7 heteroatoms. The number of guanidine groups is 1. The quantitative estimate of drug-likeness (QED) is 0.589. The molecule has 3 atom stereocenters. The van der Waals surface area contributed by atoms with E-state index in [1.165, 1.54) is 0 Å². The molecule has 0 aromatic carbocycles. The number of fused-ring (bicyclic) bond motifs is 2. The van der Waals surface area contributed by atoms with Gasteiger partial charge < -0.3 is 15.4 Å². The monoisotopic (exact) mass is 317 g/mol. The molecular weight excluding hydrogens is 290 g/mol. The van der Waals surface area contributed by atoms with Crippen molar-refractivity contribution in [3.05, 3.63) is 0 Å². The Morgan fingerprint density at radius 2 is 2.05 bits per heavy atom. The highest BCUT2D eigenvalue weighted by Gasteiger charge is 2.41. The van der Waals surface area contributed by atoms with E-state index in [1.807, 2.05) is 0 Å². The zero-order chi connectivity index (χ0) is 15.7. The highest BCUT2D eigenvalue weighted by molar-refractivity contribution is 7.92. The van der Waals surface area contributed by atoms with E-state index in [2.05, 4.69) is 15.6 Å². The summed E-state index contributed by atoms with van der Waals surface area (Å²) < 4.78 is 29.2. The maximum atomic E-state index is 12.1. The number of sulfone groups is 1. The van der Waals surface area contributed by atoms with E-state index in [9.17, 15) is 8.42 Å². The van der Waals surface area contributed by atoms with Crippen LogP contribution in [0, 0.1) is 0 Å². The van der Waals surface area contributed by atoms with Crippen LogP contribution < -0.4 is 10.6 Å². The second-order valence-corrected chi connectivity index (χ2v) is 9.65. The Labute approximate surface area is 127 Å². The number of aliphatic imine (C=N–C) groups is 1. The first kappa shape index (κ1) is 16.5. The standard InChI is InChI=1S/C14H27N3O3S/c1-14(2,3)21(18,19)8-7-16-13(15-4)17-11-9-10-5-6-12(11)20-10/h10-12H,5-9H2,1-4H3,(H2,15,16,17). The average Bonchev–Trinajstić information content (AvgIpc) is 2.98. The van der Waals surface area contributed by atoms with Crippen LogP contribution in [0.1, 0.15) is 40.0 Å². The van der Waals surface area contributed by atoms with E-state index in [1.54, 1.807) is 27.8 Å². The number of hydrogen-bond acceptors (Lipinski definition) is 4. The smallest absolute Gasteiger partial charge is 0.191 e. The number of hydrogen-bond donors (Lipinski definition) is 2. The highest BCUT2D eigenvalue weighted by atomic mass is 32.2. The lowest BCUT2D eigenvalue weighted by atomic mass is 9.96. The first-order valence-electron chi connectivity index (χ1n) is 7.58. The van der Waals surface area contributed by atoms with Gasteiger partial charge >= 0.3 is 0 Å². The van der Waals surface area contributed by atoms with E-state index in [0.717, 1.165) is 19.3 Å². The summed E-state index contributed by atoms with van der Waals surface area (Å²) in [5, 5.41) is 6.43. The fourth-order valence-electron chi connectivity index (χ4n) is 2.77. The van der Waals surface area contributed by atoms with Crippen LogP contribution in [-0.4, -0.2) is 56.7 Å². The Morgan fingerprint density at radius 3 is 2.52 bits per heavy atom. The normalized spacial score (nSPS) is 29.7. The van der Waals surface area contributed by atoms with Gasteiger partial charge in [0.25, 0.3) is 0 Å². The van der Waals surface area contributed by atoms with Crippen molar-refractivity contribution in [2.75, 3.05) is 19.3 Å². The van der Waals surface area contributed by atoms with E-state index >= 15 is 0 Å². The molecule has 2 aliphatic heterocycles. The van der Waals surface area contributed by atoms with Crippen molar-refractivity contribution in [1.82, 2.24) is 10.6 Å². The Balaban J connectivity index is 1.79. The summed E-state index contributed by atoms with van der Waals surface area (Å²) in [5.74, 6) is 0.755. The van der Waals surface area contributed by atoms with Gasteiger partial charge in [-0.2, -0.15) is 0 Å². The zero-order valence-electron chi connectivity index (χ0n) is 13.3. The van der Waals surface area contributed by atoms with Gasteiger partial charge in [0.15, 0.2) is 15.8 Å². The molecule has 0 spiro atoms. The number of ether oxygens (including phenoxy) is 1. The molecule has 122 valence electrons. The maximum Gasteiger partial charge on any atom is 0.191 e. The second-order valence-electron chi connectivity index (χ2n) is 6.79. The van der Waals surface area contributed by atoms with Crippen molar-refractivity contribution in [2.45, 2.75) is 63.0 Å². The van der Waals surface area contributed by atoms with Crippen molar-refractivity contribution in [1.29, 1.82) is 0 Å². The van der Waals surface area contributed by atoms with Crippen molar-refractivity contribution in [2.24, 2.45) is 4.99 Å². The molecule has 2 saturated heterocycles. The summed E-state index contributed by atoms with van der Waals surface area (Å²) >= 11 is 0. The summed E-state index contributed by atoms with van der Waals surface area (Å²) in [6.45, 7) is 5.53. The summed E-state index contributed by atoms with van der Waals surface area (Å²) in [6, 6.07) is 0.286. The first-order valence-corrected chi connectivity index (χ1v) is 9.23. The fraction of sp³-hybridized carbons (Fsp3) is 0.929. The van der Waals surface area contributed by atoms with Gasteiger partial charge in [-0.15, -0.1) is 0 Å².